The molecule has 0 aliphatic heterocycles. The zero-order chi connectivity index (χ0) is 25.0. The quantitative estimate of drug-likeness (QED) is 0.375. The first-order chi connectivity index (χ1) is 16.8. The minimum Gasteiger partial charge on any atom is -0.481 e. The molecule has 35 heavy (non-hydrogen) atoms. The summed E-state index contributed by atoms with van der Waals surface area (Å²) in [4.78, 5) is 43.8. The lowest BCUT2D eigenvalue weighted by atomic mass is 9.94. The zero-order valence-corrected chi connectivity index (χ0v) is 19.6. The van der Waals surface area contributed by atoms with Crippen LogP contribution in [0.5, 0.6) is 0 Å². The van der Waals surface area contributed by atoms with Crippen LogP contribution in [0.2, 0.25) is 0 Å². The molecule has 1 aliphatic rings. The van der Waals surface area contributed by atoms with Crippen molar-refractivity contribution in [1.82, 2.24) is 20.6 Å². The Morgan fingerprint density at radius 1 is 1.09 bits per heavy atom. The Labute approximate surface area is 202 Å². The van der Waals surface area contributed by atoms with Crippen molar-refractivity contribution in [3.63, 3.8) is 0 Å². The number of carbonyl (C=O) groups excluding carboxylic acids is 2. The molecule has 0 fully saturated rings. The van der Waals surface area contributed by atoms with E-state index in [0.717, 1.165) is 22.3 Å². The van der Waals surface area contributed by atoms with E-state index in [1.54, 1.807) is 6.20 Å². The third-order valence-electron chi connectivity index (χ3n) is 6.21. The number of hydrogen-bond donors (Lipinski definition) is 4. The first-order valence-electron chi connectivity index (χ1n) is 11.4. The van der Waals surface area contributed by atoms with E-state index in [9.17, 15) is 19.5 Å². The summed E-state index contributed by atoms with van der Waals surface area (Å²) >= 11 is 0. The first-order valence-corrected chi connectivity index (χ1v) is 11.4. The van der Waals surface area contributed by atoms with Gasteiger partial charge in [-0.25, -0.2) is 9.78 Å². The number of aliphatic carboxylic acids is 1. The van der Waals surface area contributed by atoms with Crippen LogP contribution in [0.25, 0.3) is 11.1 Å². The van der Waals surface area contributed by atoms with E-state index in [1.165, 1.54) is 20.2 Å². The SMILES string of the molecule is CC(C)(CNC(=O)[C@@H](Cc1cnc[nH]1)NC(=O)OCC1c2ccccc2-c2ccccc21)C(=O)O. The number of carboxylic acids is 1. The molecule has 0 saturated carbocycles. The van der Waals surface area contributed by atoms with Gasteiger partial charge in [0.1, 0.15) is 12.6 Å². The Morgan fingerprint density at radius 2 is 1.71 bits per heavy atom. The Morgan fingerprint density at radius 3 is 2.29 bits per heavy atom. The molecule has 1 aliphatic carbocycles. The Hall–Kier alpha value is -4.14. The number of alkyl carbamates (subject to hydrolysis) is 1. The topological polar surface area (TPSA) is 133 Å². The molecule has 2 aromatic carbocycles. The molecular formula is C26H28N4O5. The molecule has 1 aromatic heterocycles. The number of nitrogens with one attached hydrogen (secondary N) is 3. The Kier molecular flexibility index (Phi) is 6.86. The Balaban J connectivity index is 1.43. The first kappa shape index (κ1) is 24.0. The minimum atomic E-state index is -1.15. The van der Waals surface area contributed by atoms with Gasteiger partial charge in [-0.15, -0.1) is 0 Å². The van der Waals surface area contributed by atoms with Gasteiger partial charge in [0.05, 0.1) is 11.7 Å². The third kappa shape index (κ3) is 5.34. The molecule has 2 amide bonds. The summed E-state index contributed by atoms with van der Waals surface area (Å²) in [6.07, 6.45) is 2.44. The van der Waals surface area contributed by atoms with Crippen molar-refractivity contribution < 1.29 is 24.2 Å². The largest absolute Gasteiger partial charge is 0.481 e. The molecule has 0 radical (unpaired) electrons. The number of carbonyl (C=O) groups is 3. The van der Waals surface area contributed by atoms with Crippen molar-refractivity contribution in [2.75, 3.05) is 13.2 Å². The monoisotopic (exact) mass is 476 g/mol. The second-order valence-electron chi connectivity index (χ2n) is 9.21. The highest BCUT2D eigenvalue weighted by atomic mass is 16.5. The third-order valence-corrected chi connectivity index (χ3v) is 6.21. The van der Waals surface area contributed by atoms with Crippen LogP contribution < -0.4 is 10.6 Å². The van der Waals surface area contributed by atoms with E-state index in [4.69, 9.17) is 4.74 Å². The number of aromatic amines is 1. The fraction of sp³-hybridized carbons (Fsp3) is 0.308. The van der Waals surface area contributed by atoms with Gasteiger partial charge in [-0.1, -0.05) is 48.5 Å². The molecule has 182 valence electrons. The Bertz CT molecular complexity index is 1180. The van der Waals surface area contributed by atoms with E-state index in [-0.39, 0.29) is 25.5 Å². The van der Waals surface area contributed by atoms with Crippen molar-refractivity contribution in [1.29, 1.82) is 0 Å². The molecule has 3 aromatic rings. The second-order valence-corrected chi connectivity index (χ2v) is 9.21. The maximum Gasteiger partial charge on any atom is 0.407 e. The molecule has 9 heteroatoms. The molecule has 0 spiro atoms. The maximum absolute atomic E-state index is 12.9. The molecule has 0 unspecified atom stereocenters. The number of ether oxygens (including phenoxy) is 1. The highest BCUT2D eigenvalue weighted by Gasteiger charge is 2.31. The average molecular weight is 477 g/mol. The molecule has 0 bridgehead atoms. The van der Waals surface area contributed by atoms with Crippen LogP contribution in [-0.4, -0.2) is 52.2 Å². The van der Waals surface area contributed by atoms with Crippen LogP contribution >= 0.6 is 0 Å². The van der Waals surface area contributed by atoms with Crippen LogP contribution in [0.3, 0.4) is 0 Å². The highest BCUT2D eigenvalue weighted by Crippen LogP contribution is 2.44. The second kappa shape index (κ2) is 10.0. The van der Waals surface area contributed by atoms with Crippen molar-refractivity contribution in [2.45, 2.75) is 32.2 Å². The van der Waals surface area contributed by atoms with Gasteiger partial charge in [-0.3, -0.25) is 9.59 Å². The number of nitrogens with zero attached hydrogens (tertiary/aromatic N) is 1. The van der Waals surface area contributed by atoms with E-state index >= 15 is 0 Å². The number of amides is 2. The van der Waals surface area contributed by atoms with E-state index in [1.807, 2.05) is 36.4 Å². The van der Waals surface area contributed by atoms with Crippen LogP contribution in [0.15, 0.2) is 61.1 Å². The number of benzene rings is 2. The van der Waals surface area contributed by atoms with E-state index in [2.05, 4.69) is 32.7 Å². The number of hydrogen-bond acceptors (Lipinski definition) is 5. The number of imidazole rings is 1. The highest BCUT2D eigenvalue weighted by molar-refractivity contribution is 5.86. The van der Waals surface area contributed by atoms with Crippen LogP contribution in [0, 0.1) is 5.41 Å². The van der Waals surface area contributed by atoms with Gasteiger partial charge in [-0.05, 0) is 36.1 Å². The van der Waals surface area contributed by atoms with Crippen LogP contribution in [0.1, 0.15) is 36.6 Å². The summed E-state index contributed by atoms with van der Waals surface area (Å²) in [5, 5.41) is 14.5. The standard InChI is InChI=1S/C26H28N4O5/c1-26(2,24(32)33)14-28-23(31)22(11-16-12-27-15-29-16)30-25(34)35-13-21-19-9-5-3-7-17(19)18-8-4-6-10-20(18)21/h3-10,12,15,21-22H,11,13-14H2,1-2H3,(H,27,29)(H,28,31)(H,30,34)(H,32,33)/t22-/m1/s1. The number of rotatable bonds is 9. The van der Waals surface area contributed by atoms with Crippen LogP contribution in [-0.2, 0) is 20.7 Å². The lowest BCUT2D eigenvalue weighted by Crippen LogP contribution is -2.51. The predicted octanol–water partition coefficient (Wildman–Crippen LogP) is 3.09. The molecule has 0 saturated heterocycles. The number of fused-ring (bicyclic) bond motifs is 3. The summed E-state index contributed by atoms with van der Waals surface area (Å²) in [5.74, 6) is -1.65. The summed E-state index contributed by atoms with van der Waals surface area (Å²) < 4.78 is 5.57. The normalized spacial score (nSPS) is 13.4. The van der Waals surface area contributed by atoms with Gasteiger partial charge in [0, 0.05) is 30.8 Å². The van der Waals surface area contributed by atoms with Crippen molar-refractivity contribution in [3.05, 3.63) is 77.9 Å². The van der Waals surface area contributed by atoms with Crippen LogP contribution in [0.4, 0.5) is 4.79 Å². The van der Waals surface area contributed by atoms with Gasteiger partial charge in [0.15, 0.2) is 0 Å². The summed E-state index contributed by atoms with van der Waals surface area (Å²) in [6, 6.07) is 15.1. The number of H-pyrrole nitrogens is 1. The molecule has 1 atom stereocenters. The van der Waals surface area contributed by atoms with E-state index in [0.29, 0.717) is 5.69 Å². The van der Waals surface area contributed by atoms with Crippen molar-refractivity contribution >= 4 is 18.0 Å². The van der Waals surface area contributed by atoms with Crippen molar-refractivity contribution in [3.8, 4) is 11.1 Å². The predicted molar refractivity (Wildman–Crippen MR) is 129 cm³/mol. The minimum absolute atomic E-state index is 0.0903. The van der Waals surface area contributed by atoms with E-state index < -0.39 is 29.4 Å². The fourth-order valence-corrected chi connectivity index (χ4v) is 4.11. The molecule has 1 heterocycles. The fourth-order valence-electron chi connectivity index (χ4n) is 4.11. The van der Waals surface area contributed by atoms with Crippen molar-refractivity contribution in [2.24, 2.45) is 5.41 Å². The van der Waals surface area contributed by atoms with Gasteiger partial charge in [0.2, 0.25) is 5.91 Å². The maximum atomic E-state index is 12.9. The lowest BCUT2D eigenvalue weighted by Gasteiger charge is -2.23. The molecule has 4 rings (SSSR count). The summed E-state index contributed by atoms with van der Waals surface area (Å²) in [7, 11) is 0. The molecule has 4 N–H and O–H groups in total. The molecular weight excluding hydrogens is 448 g/mol. The van der Waals surface area contributed by atoms with Gasteiger partial charge < -0.3 is 25.5 Å². The molecule has 9 nitrogen and oxygen atoms in total. The smallest absolute Gasteiger partial charge is 0.407 e. The van der Waals surface area contributed by atoms with Gasteiger partial charge in [0.25, 0.3) is 0 Å². The zero-order valence-electron chi connectivity index (χ0n) is 19.6. The van der Waals surface area contributed by atoms with Gasteiger partial charge in [-0.2, -0.15) is 0 Å². The van der Waals surface area contributed by atoms with Gasteiger partial charge >= 0.3 is 12.1 Å². The summed E-state index contributed by atoms with van der Waals surface area (Å²) in [6.45, 7) is 3.05. The lowest BCUT2D eigenvalue weighted by molar-refractivity contribution is -0.146. The number of aromatic nitrogens is 2. The number of carboxylic acid groups (broad SMARTS) is 1. The summed E-state index contributed by atoms with van der Waals surface area (Å²) in [5.41, 5.74) is 3.90. The average Bonchev–Trinajstić information content (AvgIpc) is 3.47.